The van der Waals surface area contributed by atoms with Crippen molar-refractivity contribution in [1.82, 2.24) is 0 Å². The normalized spacial score (nSPS) is 23.5. The molecule has 1 saturated carbocycles. The van der Waals surface area contributed by atoms with E-state index < -0.39 is 0 Å². The maximum Gasteiger partial charge on any atom is 0.0733 e. The second-order valence-corrected chi connectivity index (χ2v) is 4.66. The van der Waals surface area contributed by atoms with E-state index in [-0.39, 0.29) is 12.0 Å². The zero-order chi connectivity index (χ0) is 11.9. The summed E-state index contributed by atoms with van der Waals surface area (Å²) in [6.07, 6.45) is 5.50. The Bertz CT molecular complexity index is 368. The van der Waals surface area contributed by atoms with Gasteiger partial charge >= 0.3 is 0 Å². The number of hydrogen-bond acceptors (Lipinski definition) is 2. The van der Waals surface area contributed by atoms with Crippen molar-refractivity contribution in [1.29, 1.82) is 5.26 Å². The highest BCUT2D eigenvalue weighted by Gasteiger charge is 2.27. The Hall–Kier alpha value is -1.33. The van der Waals surface area contributed by atoms with Crippen molar-refractivity contribution >= 4 is 0 Å². The molecule has 2 atom stereocenters. The van der Waals surface area contributed by atoms with E-state index >= 15 is 0 Å². The molecule has 17 heavy (non-hydrogen) atoms. The zero-order valence-electron chi connectivity index (χ0n) is 10.1. The van der Waals surface area contributed by atoms with Crippen LogP contribution in [0.15, 0.2) is 30.3 Å². The van der Waals surface area contributed by atoms with Gasteiger partial charge in [-0.2, -0.15) is 5.26 Å². The van der Waals surface area contributed by atoms with Crippen LogP contribution in [-0.4, -0.2) is 12.7 Å². The van der Waals surface area contributed by atoms with Crippen LogP contribution in [0.3, 0.4) is 0 Å². The van der Waals surface area contributed by atoms with Crippen molar-refractivity contribution < 1.29 is 4.74 Å². The predicted molar refractivity (Wildman–Crippen MR) is 67.5 cm³/mol. The van der Waals surface area contributed by atoms with E-state index in [2.05, 4.69) is 30.3 Å². The number of aryl methyl sites for hydroxylation is 1. The predicted octanol–water partition coefficient (Wildman–Crippen LogP) is 3.33. The largest absolute Gasteiger partial charge is 0.377 e. The van der Waals surface area contributed by atoms with Crippen molar-refractivity contribution in [3.63, 3.8) is 0 Å². The minimum atomic E-state index is 0.131. The van der Waals surface area contributed by atoms with Gasteiger partial charge in [0, 0.05) is 6.61 Å². The van der Waals surface area contributed by atoms with E-state index in [4.69, 9.17) is 10.00 Å². The lowest BCUT2D eigenvalue weighted by Crippen LogP contribution is -2.17. The van der Waals surface area contributed by atoms with Gasteiger partial charge in [0.2, 0.25) is 0 Å². The minimum Gasteiger partial charge on any atom is -0.377 e. The van der Waals surface area contributed by atoms with Crippen LogP contribution in [-0.2, 0) is 11.2 Å². The van der Waals surface area contributed by atoms with Gasteiger partial charge in [-0.3, -0.25) is 0 Å². The quantitative estimate of drug-likeness (QED) is 0.725. The second-order valence-electron chi connectivity index (χ2n) is 4.66. The van der Waals surface area contributed by atoms with E-state index in [1.165, 1.54) is 5.56 Å². The Morgan fingerprint density at radius 2 is 2.06 bits per heavy atom. The fourth-order valence-corrected chi connectivity index (χ4v) is 2.43. The average Bonchev–Trinajstić information content (AvgIpc) is 2.83. The lowest BCUT2D eigenvalue weighted by atomic mass is 10.1. The number of nitrogens with zero attached hydrogens (tertiary/aromatic N) is 1. The Labute approximate surface area is 103 Å². The minimum absolute atomic E-state index is 0.131. The lowest BCUT2D eigenvalue weighted by Gasteiger charge is -2.14. The third-order valence-corrected chi connectivity index (χ3v) is 3.40. The zero-order valence-corrected chi connectivity index (χ0v) is 10.1. The smallest absolute Gasteiger partial charge is 0.0733 e. The molecule has 0 N–H and O–H groups in total. The van der Waals surface area contributed by atoms with Gasteiger partial charge in [-0.25, -0.2) is 0 Å². The number of ether oxygens (including phenoxy) is 1. The molecule has 2 unspecified atom stereocenters. The molecule has 0 saturated heterocycles. The van der Waals surface area contributed by atoms with Crippen molar-refractivity contribution in [3.8, 4) is 6.07 Å². The Balaban J connectivity index is 1.65. The second kappa shape index (κ2) is 6.42. The lowest BCUT2D eigenvalue weighted by molar-refractivity contribution is 0.0400. The monoisotopic (exact) mass is 229 g/mol. The van der Waals surface area contributed by atoms with Gasteiger partial charge in [0.25, 0.3) is 0 Å². The van der Waals surface area contributed by atoms with E-state index in [1.807, 2.05) is 6.07 Å². The molecule has 0 spiro atoms. The molecule has 1 fully saturated rings. The molecule has 0 radical (unpaired) electrons. The molecule has 2 nitrogen and oxygen atoms in total. The van der Waals surface area contributed by atoms with Gasteiger partial charge < -0.3 is 4.74 Å². The van der Waals surface area contributed by atoms with Gasteiger partial charge in [-0.1, -0.05) is 30.3 Å². The molecular weight excluding hydrogens is 210 g/mol. The van der Waals surface area contributed by atoms with E-state index in [9.17, 15) is 0 Å². The number of nitriles is 1. The Kier molecular flexibility index (Phi) is 4.58. The van der Waals surface area contributed by atoms with E-state index in [1.54, 1.807) is 0 Å². The standard InChI is InChI=1S/C15H19NO/c16-12-14-9-4-10-15(14)17-11-5-8-13-6-2-1-3-7-13/h1-3,6-7,14-15H,4-5,8-11H2. The Morgan fingerprint density at radius 3 is 2.82 bits per heavy atom. The van der Waals surface area contributed by atoms with Crippen LogP contribution >= 0.6 is 0 Å². The third-order valence-electron chi connectivity index (χ3n) is 3.40. The molecular formula is C15H19NO. The van der Waals surface area contributed by atoms with Gasteiger partial charge in [0.15, 0.2) is 0 Å². The van der Waals surface area contributed by atoms with Crippen LogP contribution in [0.5, 0.6) is 0 Å². The number of hydrogen-bond donors (Lipinski definition) is 0. The van der Waals surface area contributed by atoms with Gasteiger partial charge in [-0.05, 0) is 37.7 Å². The average molecular weight is 229 g/mol. The molecule has 1 aromatic carbocycles. The first-order chi connectivity index (χ1) is 8.40. The highest BCUT2D eigenvalue weighted by atomic mass is 16.5. The summed E-state index contributed by atoms with van der Waals surface area (Å²) in [5.74, 6) is 0.131. The van der Waals surface area contributed by atoms with Crippen molar-refractivity contribution in [2.45, 2.75) is 38.2 Å². The molecule has 2 rings (SSSR count). The van der Waals surface area contributed by atoms with E-state index in [0.29, 0.717) is 0 Å². The summed E-state index contributed by atoms with van der Waals surface area (Å²) in [6, 6.07) is 12.8. The molecule has 0 heterocycles. The van der Waals surface area contributed by atoms with Crippen LogP contribution in [0.2, 0.25) is 0 Å². The summed E-state index contributed by atoms with van der Waals surface area (Å²) in [5, 5.41) is 8.94. The highest BCUT2D eigenvalue weighted by molar-refractivity contribution is 5.14. The van der Waals surface area contributed by atoms with Gasteiger partial charge in [0.05, 0.1) is 18.1 Å². The number of rotatable bonds is 5. The maximum absolute atomic E-state index is 8.94. The Morgan fingerprint density at radius 1 is 1.24 bits per heavy atom. The van der Waals surface area contributed by atoms with Crippen molar-refractivity contribution in [2.24, 2.45) is 5.92 Å². The summed E-state index contributed by atoms with van der Waals surface area (Å²) in [5.41, 5.74) is 1.36. The summed E-state index contributed by atoms with van der Waals surface area (Å²) in [7, 11) is 0. The maximum atomic E-state index is 8.94. The molecule has 1 aliphatic carbocycles. The summed E-state index contributed by atoms with van der Waals surface area (Å²) < 4.78 is 5.81. The van der Waals surface area contributed by atoms with Crippen molar-refractivity contribution in [3.05, 3.63) is 35.9 Å². The first kappa shape index (κ1) is 12.1. The topological polar surface area (TPSA) is 33.0 Å². The summed E-state index contributed by atoms with van der Waals surface area (Å²) >= 11 is 0. The summed E-state index contributed by atoms with van der Waals surface area (Å²) in [6.45, 7) is 0.776. The molecule has 0 aromatic heterocycles. The molecule has 0 bridgehead atoms. The van der Waals surface area contributed by atoms with Crippen molar-refractivity contribution in [2.75, 3.05) is 6.61 Å². The summed E-state index contributed by atoms with van der Waals surface area (Å²) in [4.78, 5) is 0. The van der Waals surface area contributed by atoms with Crippen LogP contribution in [0.25, 0.3) is 0 Å². The molecule has 90 valence electrons. The first-order valence-corrected chi connectivity index (χ1v) is 6.45. The molecule has 1 aliphatic rings. The fourth-order valence-electron chi connectivity index (χ4n) is 2.43. The van der Waals surface area contributed by atoms with Crippen LogP contribution in [0, 0.1) is 17.2 Å². The van der Waals surface area contributed by atoms with Crippen LogP contribution < -0.4 is 0 Å². The molecule has 0 amide bonds. The van der Waals surface area contributed by atoms with Crippen LogP contribution in [0.4, 0.5) is 0 Å². The fraction of sp³-hybridized carbons (Fsp3) is 0.533. The van der Waals surface area contributed by atoms with Gasteiger partial charge in [0.1, 0.15) is 0 Å². The third kappa shape index (κ3) is 3.57. The highest BCUT2D eigenvalue weighted by Crippen LogP contribution is 2.27. The van der Waals surface area contributed by atoms with E-state index in [0.717, 1.165) is 38.7 Å². The SMILES string of the molecule is N#CC1CCCC1OCCCc1ccccc1. The number of benzene rings is 1. The molecule has 2 heteroatoms. The van der Waals surface area contributed by atoms with Crippen LogP contribution in [0.1, 0.15) is 31.2 Å². The van der Waals surface area contributed by atoms with Gasteiger partial charge in [-0.15, -0.1) is 0 Å². The first-order valence-electron chi connectivity index (χ1n) is 6.45. The molecule has 1 aromatic rings. The molecule has 0 aliphatic heterocycles.